The SMILES string of the molecule is CC1(NC(=O)c2cccc3cc[nH]c23)CCCCC1C(=O)O. The number of hydrogen-bond donors (Lipinski definition) is 3. The molecule has 1 saturated carbocycles. The molecule has 0 radical (unpaired) electrons. The van der Waals surface area contributed by atoms with E-state index in [1.807, 2.05) is 25.1 Å². The lowest BCUT2D eigenvalue weighted by Crippen LogP contribution is -2.55. The van der Waals surface area contributed by atoms with Gasteiger partial charge in [-0.15, -0.1) is 0 Å². The summed E-state index contributed by atoms with van der Waals surface area (Å²) in [6, 6.07) is 7.44. The highest BCUT2D eigenvalue weighted by Gasteiger charge is 2.42. The van der Waals surface area contributed by atoms with Gasteiger partial charge in [0.15, 0.2) is 0 Å². The second-order valence-electron chi connectivity index (χ2n) is 6.26. The first-order valence-corrected chi connectivity index (χ1v) is 7.63. The van der Waals surface area contributed by atoms with E-state index in [4.69, 9.17) is 0 Å². The number of hydrogen-bond acceptors (Lipinski definition) is 2. The summed E-state index contributed by atoms with van der Waals surface area (Å²) in [5.74, 6) is -1.59. The number of carbonyl (C=O) groups excluding carboxylic acids is 1. The number of benzene rings is 1. The minimum Gasteiger partial charge on any atom is -0.481 e. The number of aromatic nitrogens is 1. The Balaban J connectivity index is 1.89. The van der Waals surface area contributed by atoms with Crippen molar-refractivity contribution in [2.75, 3.05) is 0 Å². The van der Waals surface area contributed by atoms with Gasteiger partial charge >= 0.3 is 5.97 Å². The van der Waals surface area contributed by atoms with Gasteiger partial charge in [0.2, 0.25) is 0 Å². The normalized spacial score (nSPS) is 25.0. The van der Waals surface area contributed by atoms with Crippen molar-refractivity contribution in [1.29, 1.82) is 0 Å². The van der Waals surface area contributed by atoms with E-state index in [-0.39, 0.29) is 5.91 Å². The summed E-state index contributed by atoms with van der Waals surface area (Å²) >= 11 is 0. The Morgan fingerprint density at radius 3 is 2.91 bits per heavy atom. The predicted molar refractivity (Wildman–Crippen MR) is 83.8 cm³/mol. The lowest BCUT2D eigenvalue weighted by atomic mass is 9.73. The van der Waals surface area contributed by atoms with Gasteiger partial charge in [0.1, 0.15) is 0 Å². The first-order chi connectivity index (χ1) is 10.5. The van der Waals surface area contributed by atoms with Crippen molar-refractivity contribution in [2.24, 2.45) is 5.92 Å². The van der Waals surface area contributed by atoms with Gasteiger partial charge in [0, 0.05) is 11.6 Å². The Bertz CT molecular complexity index is 722. The predicted octanol–water partition coefficient (Wildman–Crippen LogP) is 2.93. The number of fused-ring (bicyclic) bond motifs is 1. The molecule has 2 aromatic rings. The van der Waals surface area contributed by atoms with Crippen LogP contribution in [0.15, 0.2) is 30.5 Å². The topological polar surface area (TPSA) is 82.2 Å². The molecule has 1 aliphatic carbocycles. The molecule has 3 N–H and O–H groups in total. The van der Waals surface area contributed by atoms with Gasteiger partial charge in [0.05, 0.1) is 22.5 Å². The van der Waals surface area contributed by atoms with Crippen molar-refractivity contribution < 1.29 is 14.7 Å². The van der Waals surface area contributed by atoms with E-state index in [2.05, 4.69) is 10.3 Å². The van der Waals surface area contributed by atoms with Crippen LogP contribution in [-0.4, -0.2) is 27.5 Å². The molecule has 0 bridgehead atoms. The number of para-hydroxylation sites is 1. The standard InChI is InChI=1S/C17H20N2O3/c1-17(9-3-2-7-13(17)16(21)22)19-15(20)12-6-4-5-11-8-10-18-14(11)12/h4-6,8,10,13,18H,2-3,7,9H2,1H3,(H,19,20)(H,21,22). The Morgan fingerprint density at radius 2 is 2.14 bits per heavy atom. The van der Waals surface area contributed by atoms with Crippen LogP contribution in [0.4, 0.5) is 0 Å². The quantitative estimate of drug-likeness (QED) is 0.815. The lowest BCUT2D eigenvalue weighted by Gasteiger charge is -2.39. The summed E-state index contributed by atoms with van der Waals surface area (Å²) in [6.45, 7) is 1.84. The molecule has 0 spiro atoms. The highest BCUT2D eigenvalue weighted by Crippen LogP contribution is 2.34. The number of amides is 1. The third kappa shape index (κ3) is 2.47. The average molecular weight is 300 g/mol. The van der Waals surface area contributed by atoms with E-state index in [1.54, 1.807) is 12.3 Å². The molecule has 1 heterocycles. The van der Waals surface area contributed by atoms with Crippen LogP contribution in [0.2, 0.25) is 0 Å². The summed E-state index contributed by atoms with van der Waals surface area (Å²) in [7, 11) is 0. The van der Waals surface area contributed by atoms with E-state index in [1.165, 1.54) is 0 Å². The molecule has 2 unspecified atom stereocenters. The number of aliphatic carboxylic acids is 1. The molecule has 22 heavy (non-hydrogen) atoms. The second-order valence-corrected chi connectivity index (χ2v) is 6.26. The minimum absolute atomic E-state index is 0.219. The Kier molecular flexibility index (Phi) is 3.64. The highest BCUT2D eigenvalue weighted by atomic mass is 16.4. The van der Waals surface area contributed by atoms with E-state index in [0.717, 1.165) is 23.7 Å². The van der Waals surface area contributed by atoms with Crippen LogP contribution in [0, 0.1) is 5.92 Å². The van der Waals surface area contributed by atoms with Crippen LogP contribution in [-0.2, 0) is 4.79 Å². The number of carboxylic acids is 1. The largest absolute Gasteiger partial charge is 0.481 e. The fourth-order valence-electron chi connectivity index (χ4n) is 3.48. The first-order valence-electron chi connectivity index (χ1n) is 7.63. The maximum Gasteiger partial charge on any atom is 0.308 e. The summed E-state index contributed by atoms with van der Waals surface area (Å²) in [4.78, 5) is 27.3. The van der Waals surface area contributed by atoms with Crippen LogP contribution in [0.5, 0.6) is 0 Å². The molecule has 1 aromatic carbocycles. The number of aromatic amines is 1. The van der Waals surface area contributed by atoms with Gasteiger partial charge in [-0.05, 0) is 31.9 Å². The zero-order valence-corrected chi connectivity index (χ0v) is 12.6. The van der Waals surface area contributed by atoms with Gasteiger partial charge in [-0.25, -0.2) is 0 Å². The lowest BCUT2D eigenvalue weighted by molar-refractivity contribution is -0.145. The van der Waals surface area contributed by atoms with Crippen LogP contribution in [0.3, 0.4) is 0 Å². The molecule has 5 heteroatoms. The monoisotopic (exact) mass is 300 g/mol. The number of H-pyrrole nitrogens is 1. The first kappa shape index (κ1) is 14.6. The van der Waals surface area contributed by atoms with Gasteiger partial charge in [-0.3, -0.25) is 9.59 Å². The Morgan fingerprint density at radius 1 is 1.32 bits per heavy atom. The molecule has 0 saturated heterocycles. The molecule has 116 valence electrons. The number of carboxylic acid groups (broad SMARTS) is 1. The molecule has 2 atom stereocenters. The van der Waals surface area contributed by atoms with E-state index >= 15 is 0 Å². The van der Waals surface area contributed by atoms with Crippen molar-refractivity contribution >= 4 is 22.8 Å². The highest BCUT2D eigenvalue weighted by molar-refractivity contribution is 6.06. The van der Waals surface area contributed by atoms with Gasteiger partial charge < -0.3 is 15.4 Å². The van der Waals surface area contributed by atoms with Gasteiger partial charge in [-0.2, -0.15) is 0 Å². The molecular weight excluding hydrogens is 280 g/mol. The van der Waals surface area contributed by atoms with E-state index in [0.29, 0.717) is 18.4 Å². The summed E-state index contributed by atoms with van der Waals surface area (Å²) in [5.41, 5.74) is 0.639. The van der Waals surface area contributed by atoms with Crippen LogP contribution in [0.1, 0.15) is 43.0 Å². The molecule has 1 aromatic heterocycles. The van der Waals surface area contributed by atoms with Gasteiger partial charge in [0.25, 0.3) is 5.91 Å². The summed E-state index contributed by atoms with van der Waals surface area (Å²) < 4.78 is 0. The third-order valence-corrected chi connectivity index (χ3v) is 4.74. The van der Waals surface area contributed by atoms with Crippen molar-refractivity contribution in [2.45, 2.75) is 38.1 Å². The number of carbonyl (C=O) groups is 2. The summed E-state index contributed by atoms with van der Waals surface area (Å²) in [5, 5.41) is 13.4. The maximum absolute atomic E-state index is 12.7. The smallest absolute Gasteiger partial charge is 0.308 e. The number of rotatable bonds is 3. The molecule has 1 amide bonds. The average Bonchev–Trinajstić information content (AvgIpc) is 2.95. The summed E-state index contributed by atoms with van der Waals surface area (Å²) in [6.07, 6.45) is 4.93. The molecular formula is C17H20N2O3. The van der Waals surface area contributed by atoms with Crippen LogP contribution >= 0.6 is 0 Å². The Labute approximate surface area is 128 Å². The molecule has 5 nitrogen and oxygen atoms in total. The van der Waals surface area contributed by atoms with Crippen molar-refractivity contribution in [3.63, 3.8) is 0 Å². The Hall–Kier alpha value is -2.30. The minimum atomic E-state index is -0.833. The second kappa shape index (κ2) is 5.48. The fourth-order valence-corrected chi connectivity index (χ4v) is 3.48. The van der Waals surface area contributed by atoms with Crippen molar-refractivity contribution in [1.82, 2.24) is 10.3 Å². The van der Waals surface area contributed by atoms with Crippen LogP contribution < -0.4 is 5.32 Å². The molecule has 3 rings (SSSR count). The van der Waals surface area contributed by atoms with E-state index in [9.17, 15) is 14.7 Å². The fraction of sp³-hybridized carbons (Fsp3) is 0.412. The van der Waals surface area contributed by atoms with Crippen molar-refractivity contribution in [3.8, 4) is 0 Å². The maximum atomic E-state index is 12.7. The molecule has 1 aliphatic rings. The van der Waals surface area contributed by atoms with Gasteiger partial charge in [-0.1, -0.05) is 25.0 Å². The zero-order valence-electron chi connectivity index (χ0n) is 12.6. The molecule has 1 fully saturated rings. The third-order valence-electron chi connectivity index (χ3n) is 4.74. The van der Waals surface area contributed by atoms with Crippen LogP contribution in [0.25, 0.3) is 10.9 Å². The van der Waals surface area contributed by atoms with E-state index < -0.39 is 17.4 Å². The zero-order chi connectivity index (χ0) is 15.7. The number of nitrogens with one attached hydrogen (secondary N) is 2. The van der Waals surface area contributed by atoms with Crippen molar-refractivity contribution in [3.05, 3.63) is 36.0 Å². The molecule has 0 aliphatic heterocycles.